The Bertz CT molecular complexity index is 494. The van der Waals surface area contributed by atoms with Crippen LogP contribution in [0.3, 0.4) is 0 Å². The third kappa shape index (κ3) is 4.47. The summed E-state index contributed by atoms with van der Waals surface area (Å²) in [6, 6.07) is 5.48. The van der Waals surface area contributed by atoms with Crippen molar-refractivity contribution in [1.29, 1.82) is 0 Å². The van der Waals surface area contributed by atoms with E-state index < -0.39 is 0 Å². The minimum atomic E-state index is -0.153. The third-order valence-electron chi connectivity index (χ3n) is 4.46. The van der Waals surface area contributed by atoms with Crippen LogP contribution in [-0.4, -0.2) is 41.6 Å². The van der Waals surface area contributed by atoms with Gasteiger partial charge in [0.25, 0.3) is 5.91 Å². The summed E-state index contributed by atoms with van der Waals surface area (Å²) in [5, 5.41) is 13.0. The van der Waals surface area contributed by atoms with E-state index in [1.165, 1.54) is 12.8 Å². The molecule has 0 bridgehead atoms. The van der Waals surface area contributed by atoms with E-state index in [1.807, 2.05) is 13.0 Å². The number of aryl methyl sites for hydroxylation is 1. The smallest absolute Gasteiger partial charge is 0.255 e. The number of rotatable bonds is 6. The molecule has 0 aromatic heterocycles. The van der Waals surface area contributed by atoms with Gasteiger partial charge < -0.3 is 15.3 Å². The van der Waals surface area contributed by atoms with Gasteiger partial charge in [-0.25, -0.2) is 0 Å². The lowest BCUT2D eigenvalue weighted by Crippen LogP contribution is -2.44. The molecular formula is C18H28N2O2. The second-order valence-corrected chi connectivity index (χ2v) is 6.15. The summed E-state index contributed by atoms with van der Waals surface area (Å²) in [6.45, 7) is 7.51. The number of carbonyl (C=O) groups is 1. The maximum Gasteiger partial charge on any atom is 0.255 e. The Balaban J connectivity index is 1.88. The number of piperidine rings is 1. The monoisotopic (exact) mass is 304 g/mol. The molecule has 0 atom stereocenters. The Morgan fingerprint density at radius 2 is 2.05 bits per heavy atom. The molecule has 4 heteroatoms. The van der Waals surface area contributed by atoms with Gasteiger partial charge in [0.15, 0.2) is 0 Å². The first kappa shape index (κ1) is 16.8. The zero-order valence-electron chi connectivity index (χ0n) is 13.8. The van der Waals surface area contributed by atoms with Gasteiger partial charge in [-0.15, -0.1) is 0 Å². The number of unbranched alkanes of at least 4 members (excludes halogenated alkanes) is 1. The number of phenolic OH excluding ortho intramolecular Hbond substituents is 1. The molecule has 1 saturated heterocycles. The highest BCUT2D eigenvalue weighted by atomic mass is 16.3. The van der Waals surface area contributed by atoms with Gasteiger partial charge in [0.05, 0.1) is 5.56 Å². The van der Waals surface area contributed by atoms with Gasteiger partial charge in [-0.05, 0) is 49.9 Å². The molecule has 1 amide bonds. The van der Waals surface area contributed by atoms with E-state index in [-0.39, 0.29) is 17.7 Å². The highest BCUT2D eigenvalue weighted by Crippen LogP contribution is 2.20. The first-order chi connectivity index (χ1) is 10.6. The van der Waals surface area contributed by atoms with E-state index in [1.54, 1.807) is 12.1 Å². The molecule has 1 aromatic rings. The Morgan fingerprint density at radius 3 is 2.68 bits per heavy atom. The number of carbonyl (C=O) groups excluding carboxylic acids is 1. The molecule has 0 radical (unpaired) electrons. The van der Waals surface area contributed by atoms with Crippen molar-refractivity contribution in [3.05, 3.63) is 29.3 Å². The fraction of sp³-hybridized carbons (Fsp3) is 0.611. The zero-order valence-corrected chi connectivity index (χ0v) is 13.8. The van der Waals surface area contributed by atoms with Gasteiger partial charge >= 0.3 is 0 Å². The number of hydrogen-bond acceptors (Lipinski definition) is 3. The normalized spacial score (nSPS) is 16.6. The van der Waals surface area contributed by atoms with Crippen molar-refractivity contribution in [2.45, 2.75) is 52.0 Å². The van der Waals surface area contributed by atoms with E-state index in [4.69, 9.17) is 0 Å². The molecule has 122 valence electrons. The van der Waals surface area contributed by atoms with Crippen LogP contribution in [0.2, 0.25) is 0 Å². The van der Waals surface area contributed by atoms with Gasteiger partial charge in [-0.1, -0.05) is 26.3 Å². The molecule has 0 unspecified atom stereocenters. The molecule has 22 heavy (non-hydrogen) atoms. The van der Waals surface area contributed by atoms with Crippen molar-refractivity contribution in [2.24, 2.45) is 0 Å². The Hall–Kier alpha value is -1.55. The maximum absolute atomic E-state index is 12.4. The van der Waals surface area contributed by atoms with Gasteiger partial charge in [0.2, 0.25) is 0 Å². The summed E-state index contributed by atoms with van der Waals surface area (Å²) in [7, 11) is 0. The van der Waals surface area contributed by atoms with Gasteiger partial charge in [0.1, 0.15) is 5.75 Å². The Labute approximate surface area is 133 Å². The number of likely N-dealkylation sites (tertiary alicyclic amines) is 1. The van der Waals surface area contributed by atoms with E-state index in [0.717, 1.165) is 44.5 Å². The van der Waals surface area contributed by atoms with Crippen LogP contribution in [0.25, 0.3) is 0 Å². The van der Waals surface area contributed by atoms with Crippen molar-refractivity contribution in [1.82, 2.24) is 10.2 Å². The predicted molar refractivity (Wildman–Crippen MR) is 89.3 cm³/mol. The summed E-state index contributed by atoms with van der Waals surface area (Å²) < 4.78 is 0. The molecule has 2 N–H and O–H groups in total. The lowest BCUT2D eigenvalue weighted by Gasteiger charge is -2.32. The van der Waals surface area contributed by atoms with Crippen LogP contribution in [0, 0.1) is 0 Å². The number of nitrogens with one attached hydrogen (secondary N) is 1. The maximum atomic E-state index is 12.4. The number of benzene rings is 1. The zero-order chi connectivity index (χ0) is 15.9. The molecule has 0 aliphatic carbocycles. The number of amides is 1. The van der Waals surface area contributed by atoms with Crippen molar-refractivity contribution in [2.75, 3.05) is 19.6 Å². The highest BCUT2D eigenvalue weighted by molar-refractivity contribution is 5.97. The number of hydrogen-bond donors (Lipinski definition) is 2. The fourth-order valence-electron chi connectivity index (χ4n) is 2.93. The number of aromatic hydroxyl groups is 1. The van der Waals surface area contributed by atoms with Crippen LogP contribution in [0.15, 0.2) is 18.2 Å². The highest BCUT2D eigenvalue weighted by Gasteiger charge is 2.21. The van der Waals surface area contributed by atoms with Gasteiger partial charge in [-0.2, -0.15) is 0 Å². The van der Waals surface area contributed by atoms with E-state index >= 15 is 0 Å². The predicted octanol–water partition coefficient (Wildman–Crippen LogP) is 2.95. The minimum Gasteiger partial charge on any atom is -0.507 e. The van der Waals surface area contributed by atoms with Crippen LogP contribution >= 0.6 is 0 Å². The molecule has 1 fully saturated rings. The molecule has 0 spiro atoms. The molecule has 0 saturated carbocycles. The molecule has 2 rings (SSSR count). The van der Waals surface area contributed by atoms with Crippen LogP contribution in [0.4, 0.5) is 0 Å². The van der Waals surface area contributed by atoms with E-state index in [0.29, 0.717) is 5.56 Å². The lowest BCUT2D eigenvalue weighted by molar-refractivity contribution is 0.0908. The van der Waals surface area contributed by atoms with Gasteiger partial charge in [0, 0.05) is 19.1 Å². The fourth-order valence-corrected chi connectivity index (χ4v) is 2.93. The summed E-state index contributed by atoms with van der Waals surface area (Å²) in [5.41, 5.74) is 1.46. The van der Waals surface area contributed by atoms with Crippen molar-refractivity contribution in [3.8, 4) is 5.75 Å². The molecular weight excluding hydrogens is 276 g/mol. The molecule has 1 heterocycles. The standard InChI is InChI=1S/C18H28N2O2/c1-3-5-10-20-11-8-15(9-12-20)19-18(22)16-13-14(4-2)6-7-17(16)21/h6-7,13,15,21H,3-5,8-12H2,1-2H3,(H,19,22). The van der Waals surface area contributed by atoms with Gasteiger partial charge in [-0.3, -0.25) is 4.79 Å². The minimum absolute atomic E-state index is 0.0649. The lowest BCUT2D eigenvalue weighted by atomic mass is 10.0. The Morgan fingerprint density at radius 1 is 1.32 bits per heavy atom. The topological polar surface area (TPSA) is 52.6 Å². The average molecular weight is 304 g/mol. The number of nitrogens with zero attached hydrogens (tertiary/aromatic N) is 1. The summed E-state index contributed by atoms with van der Waals surface area (Å²) in [5.74, 6) is -0.0881. The summed E-state index contributed by atoms with van der Waals surface area (Å²) in [6.07, 6.45) is 5.31. The van der Waals surface area contributed by atoms with E-state index in [9.17, 15) is 9.90 Å². The molecule has 4 nitrogen and oxygen atoms in total. The Kier molecular flexibility index (Phi) is 6.25. The molecule has 1 aliphatic heterocycles. The molecule has 1 aromatic carbocycles. The van der Waals surface area contributed by atoms with Crippen molar-refractivity contribution < 1.29 is 9.90 Å². The number of phenols is 1. The molecule has 1 aliphatic rings. The van der Waals surface area contributed by atoms with Crippen molar-refractivity contribution >= 4 is 5.91 Å². The second-order valence-electron chi connectivity index (χ2n) is 6.15. The van der Waals surface area contributed by atoms with Crippen LogP contribution < -0.4 is 5.32 Å². The average Bonchev–Trinajstić information content (AvgIpc) is 2.54. The quantitative estimate of drug-likeness (QED) is 0.849. The largest absolute Gasteiger partial charge is 0.507 e. The summed E-state index contributed by atoms with van der Waals surface area (Å²) >= 11 is 0. The second kappa shape index (κ2) is 8.18. The summed E-state index contributed by atoms with van der Waals surface area (Å²) in [4.78, 5) is 14.8. The van der Waals surface area contributed by atoms with Crippen LogP contribution in [-0.2, 0) is 6.42 Å². The third-order valence-corrected chi connectivity index (χ3v) is 4.46. The van der Waals surface area contributed by atoms with E-state index in [2.05, 4.69) is 17.1 Å². The first-order valence-corrected chi connectivity index (χ1v) is 8.49. The van der Waals surface area contributed by atoms with Crippen molar-refractivity contribution in [3.63, 3.8) is 0 Å². The van der Waals surface area contributed by atoms with Crippen LogP contribution in [0.1, 0.15) is 55.5 Å². The van der Waals surface area contributed by atoms with Crippen LogP contribution in [0.5, 0.6) is 5.75 Å². The SMILES string of the molecule is CCCCN1CCC(NC(=O)c2cc(CC)ccc2O)CC1. The first-order valence-electron chi connectivity index (χ1n) is 8.49.